The summed E-state index contributed by atoms with van der Waals surface area (Å²) in [6.07, 6.45) is 3.55. The average Bonchev–Trinajstić information content (AvgIpc) is 2.88. The molecular weight excluding hydrogens is 339 g/mol. The first-order valence-electron chi connectivity index (χ1n) is 6.09. The van der Waals surface area contributed by atoms with Crippen LogP contribution in [-0.4, -0.2) is 21.7 Å². The second kappa shape index (κ2) is 6.84. The van der Waals surface area contributed by atoms with Crippen molar-refractivity contribution < 1.29 is 0 Å². The number of rotatable bonds is 6. The minimum atomic E-state index is 0.386. The molecule has 1 atom stereocenters. The molecule has 2 N–H and O–H groups in total. The molecule has 1 heterocycles. The van der Waals surface area contributed by atoms with Crippen molar-refractivity contribution in [2.45, 2.75) is 25.8 Å². The van der Waals surface area contributed by atoms with E-state index in [0.29, 0.717) is 6.04 Å². The lowest BCUT2D eigenvalue weighted by Gasteiger charge is -2.14. The van der Waals surface area contributed by atoms with E-state index in [1.54, 1.807) is 6.33 Å². The highest BCUT2D eigenvalue weighted by Gasteiger charge is 2.04. The highest BCUT2D eigenvalue weighted by molar-refractivity contribution is 14.1. The van der Waals surface area contributed by atoms with Crippen LogP contribution in [0.15, 0.2) is 30.6 Å². The van der Waals surface area contributed by atoms with Gasteiger partial charge in [0.15, 0.2) is 0 Å². The minimum Gasteiger partial charge on any atom is -0.310 e. The molecule has 0 radical (unpaired) electrons. The molecule has 1 aromatic heterocycles. The Labute approximate surface area is 121 Å². The third kappa shape index (κ3) is 4.06. The fourth-order valence-corrected chi connectivity index (χ4v) is 2.15. The third-order valence-electron chi connectivity index (χ3n) is 2.88. The lowest BCUT2D eigenvalue weighted by atomic mass is 10.1. The molecule has 0 saturated carbocycles. The van der Waals surface area contributed by atoms with E-state index in [0.717, 1.165) is 25.2 Å². The van der Waals surface area contributed by atoms with Gasteiger partial charge in [0.25, 0.3) is 0 Å². The Bertz CT molecular complexity index is 452. The minimum absolute atomic E-state index is 0.386. The van der Waals surface area contributed by atoms with Crippen LogP contribution in [0.3, 0.4) is 0 Å². The van der Waals surface area contributed by atoms with Gasteiger partial charge in [0, 0.05) is 16.0 Å². The van der Waals surface area contributed by atoms with Gasteiger partial charge in [-0.3, -0.25) is 5.10 Å². The lowest BCUT2D eigenvalue weighted by Crippen LogP contribution is -2.20. The number of H-pyrrole nitrogens is 1. The monoisotopic (exact) mass is 356 g/mol. The second-order valence-corrected chi connectivity index (χ2v) is 5.51. The molecular formula is C13H17IN4. The van der Waals surface area contributed by atoms with E-state index in [1.807, 2.05) is 0 Å². The zero-order chi connectivity index (χ0) is 12.8. The van der Waals surface area contributed by atoms with E-state index in [9.17, 15) is 0 Å². The van der Waals surface area contributed by atoms with Crippen LogP contribution >= 0.6 is 22.6 Å². The SMILES string of the molecule is CC(NCCCc1ncn[nH]1)c1ccc(I)cc1. The Balaban J connectivity index is 1.71. The van der Waals surface area contributed by atoms with Crippen molar-refractivity contribution in [1.29, 1.82) is 0 Å². The van der Waals surface area contributed by atoms with E-state index in [4.69, 9.17) is 0 Å². The largest absolute Gasteiger partial charge is 0.310 e. The average molecular weight is 356 g/mol. The number of aryl methyl sites for hydroxylation is 1. The van der Waals surface area contributed by atoms with Gasteiger partial charge in [-0.25, -0.2) is 4.98 Å². The molecule has 0 aliphatic rings. The maximum atomic E-state index is 4.11. The van der Waals surface area contributed by atoms with E-state index in [1.165, 1.54) is 9.13 Å². The third-order valence-corrected chi connectivity index (χ3v) is 3.59. The molecule has 0 spiro atoms. The summed E-state index contributed by atoms with van der Waals surface area (Å²) in [6.45, 7) is 3.17. The molecule has 0 amide bonds. The summed E-state index contributed by atoms with van der Waals surface area (Å²) in [5.74, 6) is 0.957. The topological polar surface area (TPSA) is 53.6 Å². The number of aromatic nitrogens is 3. The van der Waals surface area contributed by atoms with Crippen LogP contribution in [0.25, 0.3) is 0 Å². The zero-order valence-electron chi connectivity index (χ0n) is 10.4. The van der Waals surface area contributed by atoms with Crippen LogP contribution in [0.5, 0.6) is 0 Å². The van der Waals surface area contributed by atoms with Crippen LogP contribution in [0.4, 0.5) is 0 Å². The van der Waals surface area contributed by atoms with Gasteiger partial charge in [0.05, 0.1) is 0 Å². The Kier molecular flexibility index (Phi) is 5.12. The number of nitrogens with one attached hydrogen (secondary N) is 2. The summed E-state index contributed by atoms with van der Waals surface area (Å²) >= 11 is 2.32. The first-order valence-corrected chi connectivity index (χ1v) is 7.16. The van der Waals surface area contributed by atoms with E-state index in [2.05, 4.69) is 74.3 Å². The van der Waals surface area contributed by atoms with Gasteiger partial charge in [0.2, 0.25) is 0 Å². The maximum Gasteiger partial charge on any atom is 0.137 e. The van der Waals surface area contributed by atoms with Crippen molar-refractivity contribution in [2.24, 2.45) is 0 Å². The lowest BCUT2D eigenvalue weighted by molar-refractivity contribution is 0.554. The van der Waals surface area contributed by atoms with Gasteiger partial charge in [-0.2, -0.15) is 5.10 Å². The summed E-state index contributed by atoms with van der Waals surface area (Å²) in [5.41, 5.74) is 1.33. The summed E-state index contributed by atoms with van der Waals surface area (Å²) < 4.78 is 1.27. The smallest absolute Gasteiger partial charge is 0.137 e. The fourth-order valence-electron chi connectivity index (χ4n) is 1.79. The molecule has 0 aliphatic carbocycles. The molecule has 0 bridgehead atoms. The van der Waals surface area contributed by atoms with Crippen molar-refractivity contribution in [2.75, 3.05) is 6.54 Å². The van der Waals surface area contributed by atoms with Gasteiger partial charge in [0.1, 0.15) is 12.2 Å². The van der Waals surface area contributed by atoms with Crippen molar-refractivity contribution in [3.63, 3.8) is 0 Å². The molecule has 5 heteroatoms. The van der Waals surface area contributed by atoms with Gasteiger partial charge in [-0.1, -0.05) is 12.1 Å². The standard InChI is InChI=1S/C13H17IN4/c1-10(11-4-6-12(14)7-5-11)15-8-2-3-13-16-9-17-18-13/h4-7,9-10,15H,2-3,8H2,1H3,(H,16,17,18). The molecule has 0 aliphatic heterocycles. The van der Waals surface area contributed by atoms with E-state index >= 15 is 0 Å². The van der Waals surface area contributed by atoms with Crippen molar-refractivity contribution in [1.82, 2.24) is 20.5 Å². The van der Waals surface area contributed by atoms with Gasteiger partial charge < -0.3 is 5.32 Å². The van der Waals surface area contributed by atoms with Crippen molar-refractivity contribution >= 4 is 22.6 Å². The molecule has 0 saturated heterocycles. The summed E-state index contributed by atoms with van der Waals surface area (Å²) in [4.78, 5) is 4.11. The fraction of sp³-hybridized carbons (Fsp3) is 0.385. The molecule has 4 nitrogen and oxygen atoms in total. The van der Waals surface area contributed by atoms with Crippen LogP contribution in [0.2, 0.25) is 0 Å². The number of hydrogen-bond donors (Lipinski definition) is 2. The van der Waals surface area contributed by atoms with Gasteiger partial charge >= 0.3 is 0 Å². The first kappa shape index (κ1) is 13.5. The van der Waals surface area contributed by atoms with Crippen LogP contribution in [-0.2, 0) is 6.42 Å². The highest BCUT2D eigenvalue weighted by Crippen LogP contribution is 2.14. The molecule has 1 aromatic carbocycles. The zero-order valence-corrected chi connectivity index (χ0v) is 12.5. The number of aromatic amines is 1. The quantitative estimate of drug-likeness (QED) is 0.618. The Hall–Kier alpha value is -0.950. The molecule has 1 unspecified atom stereocenters. The molecule has 18 heavy (non-hydrogen) atoms. The van der Waals surface area contributed by atoms with Crippen LogP contribution < -0.4 is 5.32 Å². The Morgan fingerprint density at radius 3 is 2.78 bits per heavy atom. The van der Waals surface area contributed by atoms with Crippen molar-refractivity contribution in [3.8, 4) is 0 Å². The van der Waals surface area contributed by atoms with Gasteiger partial charge in [-0.05, 0) is 60.2 Å². The second-order valence-electron chi connectivity index (χ2n) is 4.26. The summed E-state index contributed by atoms with van der Waals surface area (Å²) in [5, 5.41) is 10.2. The van der Waals surface area contributed by atoms with Crippen LogP contribution in [0, 0.1) is 3.57 Å². The molecule has 0 fully saturated rings. The Morgan fingerprint density at radius 1 is 1.33 bits per heavy atom. The number of nitrogens with zero attached hydrogens (tertiary/aromatic N) is 2. The first-order chi connectivity index (χ1) is 8.75. The number of hydrogen-bond acceptors (Lipinski definition) is 3. The highest BCUT2D eigenvalue weighted by atomic mass is 127. The number of halogens is 1. The molecule has 2 aromatic rings. The van der Waals surface area contributed by atoms with E-state index < -0.39 is 0 Å². The summed E-state index contributed by atoms with van der Waals surface area (Å²) in [6, 6.07) is 9.02. The van der Waals surface area contributed by atoms with Crippen molar-refractivity contribution in [3.05, 3.63) is 45.6 Å². The maximum absolute atomic E-state index is 4.11. The number of benzene rings is 1. The van der Waals surface area contributed by atoms with Gasteiger partial charge in [-0.15, -0.1) is 0 Å². The molecule has 96 valence electrons. The Morgan fingerprint density at radius 2 is 2.11 bits per heavy atom. The predicted molar refractivity (Wildman–Crippen MR) is 80.3 cm³/mol. The molecule has 2 rings (SSSR count). The summed E-state index contributed by atoms with van der Waals surface area (Å²) in [7, 11) is 0. The normalized spacial score (nSPS) is 12.6. The predicted octanol–water partition coefficient (Wildman–Crippen LogP) is 2.69. The van der Waals surface area contributed by atoms with E-state index in [-0.39, 0.29) is 0 Å². The van der Waals surface area contributed by atoms with Crippen LogP contribution in [0.1, 0.15) is 30.8 Å².